The van der Waals surface area contributed by atoms with Gasteiger partial charge in [0.1, 0.15) is 11.6 Å². The van der Waals surface area contributed by atoms with Crippen LogP contribution in [0.5, 0.6) is 0 Å². The first-order valence-electron chi connectivity index (χ1n) is 5.61. The van der Waals surface area contributed by atoms with Crippen LogP contribution in [0, 0.1) is 17.5 Å². The molecule has 0 saturated carbocycles. The zero-order valence-corrected chi connectivity index (χ0v) is 10.4. The molecule has 1 aromatic carbocycles. The largest absolute Gasteiger partial charge is 0.371 e. The standard InChI is InChI=1S/C13H10F3N3O/c1-17-12-11(16)8(4-5-18-12)13(20)19-10-3-2-7(14)6-9(10)15/h2-6H,1H3,(H,17,18)(H,19,20). The van der Waals surface area contributed by atoms with Gasteiger partial charge in [0.2, 0.25) is 0 Å². The Morgan fingerprint density at radius 3 is 2.60 bits per heavy atom. The zero-order chi connectivity index (χ0) is 14.7. The Bertz CT molecular complexity index is 661. The van der Waals surface area contributed by atoms with Gasteiger partial charge in [0.15, 0.2) is 11.6 Å². The molecule has 20 heavy (non-hydrogen) atoms. The van der Waals surface area contributed by atoms with Crippen LogP contribution in [0.2, 0.25) is 0 Å². The number of halogens is 3. The number of nitrogens with zero attached hydrogens (tertiary/aromatic N) is 1. The Labute approximate surface area is 112 Å². The third kappa shape index (κ3) is 2.71. The predicted octanol–water partition coefficient (Wildman–Crippen LogP) is 2.79. The van der Waals surface area contributed by atoms with Gasteiger partial charge in [-0.15, -0.1) is 0 Å². The number of hydrogen-bond donors (Lipinski definition) is 2. The molecule has 0 aliphatic carbocycles. The van der Waals surface area contributed by atoms with Gasteiger partial charge >= 0.3 is 0 Å². The fraction of sp³-hybridized carbons (Fsp3) is 0.0769. The Kier molecular flexibility index (Phi) is 3.88. The van der Waals surface area contributed by atoms with Gasteiger partial charge in [-0.2, -0.15) is 0 Å². The summed E-state index contributed by atoms with van der Waals surface area (Å²) < 4.78 is 40.0. The number of hydrogen-bond acceptors (Lipinski definition) is 3. The summed E-state index contributed by atoms with van der Waals surface area (Å²) in [6, 6.07) is 3.83. The molecule has 2 aromatic rings. The second kappa shape index (κ2) is 5.60. The van der Waals surface area contributed by atoms with Crippen LogP contribution < -0.4 is 10.6 Å². The third-order valence-corrected chi connectivity index (χ3v) is 2.55. The van der Waals surface area contributed by atoms with Crippen molar-refractivity contribution in [2.24, 2.45) is 0 Å². The first-order valence-corrected chi connectivity index (χ1v) is 5.61. The fourth-order valence-electron chi connectivity index (χ4n) is 1.57. The van der Waals surface area contributed by atoms with Crippen LogP contribution in [0.1, 0.15) is 10.4 Å². The number of rotatable bonds is 3. The number of nitrogens with one attached hydrogen (secondary N) is 2. The monoisotopic (exact) mass is 281 g/mol. The highest BCUT2D eigenvalue weighted by Gasteiger charge is 2.17. The number of benzene rings is 1. The summed E-state index contributed by atoms with van der Waals surface area (Å²) in [7, 11) is 1.45. The molecule has 104 valence electrons. The van der Waals surface area contributed by atoms with Crippen LogP contribution in [0.25, 0.3) is 0 Å². The molecule has 0 radical (unpaired) electrons. The van der Waals surface area contributed by atoms with Crippen LogP contribution in [0.4, 0.5) is 24.7 Å². The van der Waals surface area contributed by atoms with Gasteiger partial charge in [-0.1, -0.05) is 0 Å². The van der Waals surface area contributed by atoms with E-state index in [0.29, 0.717) is 6.07 Å². The molecular weight excluding hydrogens is 271 g/mol. The van der Waals surface area contributed by atoms with Crippen molar-refractivity contribution in [1.29, 1.82) is 0 Å². The molecule has 0 saturated heterocycles. The van der Waals surface area contributed by atoms with Crippen LogP contribution in [0.15, 0.2) is 30.5 Å². The van der Waals surface area contributed by atoms with E-state index in [1.165, 1.54) is 13.2 Å². The lowest BCUT2D eigenvalue weighted by Gasteiger charge is -2.09. The summed E-state index contributed by atoms with van der Waals surface area (Å²) in [6.07, 6.45) is 1.24. The van der Waals surface area contributed by atoms with Crippen molar-refractivity contribution in [1.82, 2.24) is 4.98 Å². The van der Waals surface area contributed by atoms with Crippen molar-refractivity contribution in [2.45, 2.75) is 0 Å². The maximum atomic E-state index is 13.9. The molecule has 1 amide bonds. The SMILES string of the molecule is CNc1nccc(C(=O)Nc2ccc(F)cc2F)c1F. The molecule has 0 atom stereocenters. The number of aromatic nitrogens is 1. The van der Waals surface area contributed by atoms with E-state index in [0.717, 1.165) is 18.2 Å². The quantitative estimate of drug-likeness (QED) is 0.909. The van der Waals surface area contributed by atoms with Crippen LogP contribution >= 0.6 is 0 Å². The molecule has 1 heterocycles. The number of amides is 1. The van der Waals surface area contributed by atoms with Gasteiger partial charge in [-0.3, -0.25) is 4.79 Å². The van der Waals surface area contributed by atoms with E-state index < -0.39 is 23.4 Å². The van der Waals surface area contributed by atoms with E-state index in [1.807, 2.05) is 0 Å². The summed E-state index contributed by atoms with van der Waals surface area (Å²) >= 11 is 0. The minimum Gasteiger partial charge on any atom is -0.371 e. The molecule has 0 aliphatic heterocycles. The summed E-state index contributed by atoms with van der Waals surface area (Å²) in [5, 5.41) is 4.65. The van der Waals surface area contributed by atoms with Gasteiger partial charge in [0.25, 0.3) is 5.91 Å². The molecular formula is C13H10F3N3O. The second-order valence-electron chi connectivity index (χ2n) is 3.85. The second-order valence-corrected chi connectivity index (χ2v) is 3.85. The van der Waals surface area contributed by atoms with Crippen LogP contribution in [0.3, 0.4) is 0 Å². The maximum Gasteiger partial charge on any atom is 0.258 e. The summed E-state index contributed by atoms with van der Waals surface area (Å²) in [4.78, 5) is 15.6. The minimum absolute atomic E-state index is 0.0998. The van der Waals surface area contributed by atoms with E-state index in [2.05, 4.69) is 15.6 Å². The lowest BCUT2D eigenvalue weighted by molar-refractivity contribution is 0.102. The van der Waals surface area contributed by atoms with E-state index in [9.17, 15) is 18.0 Å². The summed E-state index contributed by atoms with van der Waals surface area (Å²) in [5.41, 5.74) is -0.535. The molecule has 1 aromatic heterocycles. The van der Waals surface area contributed by atoms with E-state index in [4.69, 9.17) is 0 Å². The van der Waals surface area contributed by atoms with Crippen molar-refractivity contribution in [2.75, 3.05) is 17.7 Å². The van der Waals surface area contributed by atoms with Gasteiger partial charge in [0, 0.05) is 19.3 Å². The lowest BCUT2D eigenvalue weighted by atomic mass is 10.2. The summed E-state index contributed by atoms with van der Waals surface area (Å²) in [6.45, 7) is 0. The molecule has 0 bridgehead atoms. The average Bonchev–Trinajstić information content (AvgIpc) is 2.42. The predicted molar refractivity (Wildman–Crippen MR) is 68.1 cm³/mol. The number of anilines is 2. The van der Waals surface area contributed by atoms with E-state index >= 15 is 0 Å². The lowest BCUT2D eigenvalue weighted by Crippen LogP contribution is -2.16. The summed E-state index contributed by atoms with van der Waals surface area (Å²) in [5.74, 6) is -3.52. The van der Waals surface area contributed by atoms with Crippen molar-refractivity contribution in [3.63, 3.8) is 0 Å². The van der Waals surface area contributed by atoms with Gasteiger partial charge < -0.3 is 10.6 Å². The van der Waals surface area contributed by atoms with E-state index in [1.54, 1.807) is 0 Å². The average molecular weight is 281 g/mol. The highest BCUT2D eigenvalue weighted by molar-refractivity contribution is 6.04. The molecule has 0 unspecified atom stereocenters. The normalized spacial score (nSPS) is 10.2. The Morgan fingerprint density at radius 2 is 1.95 bits per heavy atom. The molecule has 0 fully saturated rings. The minimum atomic E-state index is -0.943. The van der Waals surface area contributed by atoms with Crippen molar-refractivity contribution in [3.05, 3.63) is 53.5 Å². The highest BCUT2D eigenvalue weighted by atomic mass is 19.1. The van der Waals surface area contributed by atoms with Gasteiger partial charge in [0.05, 0.1) is 11.3 Å². The molecule has 2 N–H and O–H groups in total. The Morgan fingerprint density at radius 1 is 1.20 bits per heavy atom. The molecule has 4 nitrogen and oxygen atoms in total. The molecule has 0 aliphatic rings. The number of pyridine rings is 1. The maximum absolute atomic E-state index is 13.9. The third-order valence-electron chi connectivity index (χ3n) is 2.55. The van der Waals surface area contributed by atoms with Crippen molar-refractivity contribution < 1.29 is 18.0 Å². The van der Waals surface area contributed by atoms with Gasteiger partial charge in [-0.05, 0) is 18.2 Å². The smallest absolute Gasteiger partial charge is 0.258 e. The number of carbonyl (C=O) groups excluding carboxylic acids is 1. The Hall–Kier alpha value is -2.57. The topological polar surface area (TPSA) is 54.0 Å². The first-order chi connectivity index (χ1) is 9.52. The van der Waals surface area contributed by atoms with Crippen molar-refractivity contribution in [3.8, 4) is 0 Å². The molecule has 2 rings (SSSR count). The van der Waals surface area contributed by atoms with Crippen LogP contribution in [-0.4, -0.2) is 17.9 Å². The fourth-order valence-corrected chi connectivity index (χ4v) is 1.57. The molecule has 0 spiro atoms. The zero-order valence-electron chi connectivity index (χ0n) is 10.4. The highest BCUT2D eigenvalue weighted by Crippen LogP contribution is 2.19. The molecule has 7 heteroatoms. The number of carbonyl (C=O) groups is 1. The Balaban J connectivity index is 2.28. The van der Waals surface area contributed by atoms with Crippen LogP contribution in [-0.2, 0) is 0 Å². The van der Waals surface area contributed by atoms with Crippen molar-refractivity contribution >= 4 is 17.4 Å². The first kappa shape index (κ1) is 13.9. The van der Waals surface area contributed by atoms with E-state index in [-0.39, 0.29) is 17.1 Å². The van der Waals surface area contributed by atoms with Gasteiger partial charge in [-0.25, -0.2) is 18.2 Å².